The van der Waals surface area contributed by atoms with Crippen LogP contribution in [-0.4, -0.2) is 9.97 Å². The number of nitrogen functional groups attached to an aromatic ring is 1. The van der Waals surface area contributed by atoms with Gasteiger partial charge < -0.3 is 5.73 Å². The van der Waals surface area contributed by atoms with Crippen LogP contribution in [0.1, 0.15) is 5.56 Å². The van der Waals surface area contributed by atoms with Crippen LogP contribution in [0.25, 0.3) is 33.6 Å². The largest absolute Gasteiger partial charge is 0.383 e. The number of anilines is 1. The molecule has 0 amide bonds. The van der Waals surface area contributed by atoms with Crippen molar-refractivity contribution in [2.75, 3.05) is 5.73 Å². The van der Waals surface area contributed by atoms with Crippen molar-refractivity contribution in [3.63, 3.8) is 0 Å². The molecule has 2 heterocycles. The van der Waals surface area contributed by atoms with Gasteiger partial charge in [-0.3, -0.25) is 4.98 Å². The summed E-state index contributed by atoms with van der Waals surface area (Å²) in [5, 5.41) is 9.49. The lowest BCUT2D eigenvalue weighted by Crippen LogP contribution is -2.00. The van der Waals surface area contributed by atoms with Crippen molar-refractivity contribution >= 4 is 5.82 Å². The second kappa shape index (κ2) is 7.11. The molecule has 0 aliphatic heterocycles. The number of hydrogen-bond donors (Lipinski definition) is 1. The van der Waals surface area contributed by atoms with Crippen molar-refractivity contribution in [3.05, 3.63) is 90.6 Å². The third-order valence-electron chi connectivity index (χ3n) is 4.39. The van der Waals surface area contributed by atoms with E-state index in [0.29, 0.717) is 22.5 Å². The highest BCUT2D eigenvalue weighted by Gasteiger charge is 2.14. The molecule has 27 heavy (non-hydrogen) atoms. The Morgan fingerprint density at radius 2 is 1.41 bits per heavy atom. The molecular weight excluding hydrogens is 332 g/mol. The zero-order valence-electron chi connectivity index (χ0n) is 14.5. The zero-order valence-corrected chi connectivity index (χ0v) is 14.5. The maximum atomic E-state index is 9.49. The molecule has 0 saturated carbocycles. The quantitative estimate of drug-likeness (QED) is 0.569. The van der Waals surface area contributed by atoms with Gasteiger partial charge in [-0.25, -0.2) is 4.98 Å². The monoisotopic (exact) mass is 348 g/mol. The van der Waals surface area contributed by atoms with Crippen molar-refractivity contribution in [2.24, 2.45) is 0 Å². The standard InChI is InChI=1S/C23H16N4/c24-15-20-19(21-8-4-5-13-26-21)14-22(27-23(20)25)18-11-9-17(10-12-18)16-6-2-1-3-7-16/h1-14H,(H2,25,27). The molecule has 0 saturated heterocycles. The van der Waals surface area contributed by atoms with Crippen LogP contribution in [0.3, 0.4) is 0 Å². The molecule has 0 unspecified atom stereocenters. The van der Waals surface area contributed by atoms with Gasteiger partial charge in [0.15, 0.2) is 0 Å². The summed E-state index contributed by atoms with van der Waals surface area (Å²) in [6, 6.07) is 27.9. The molecule has 0 bridgehead atoms. The third kappa shape index (κ3) is 3.26. The minimum absolute atomic E-state index is 0.211. The lowest BCUT2D eigenvalue weighted by Gasteiger charge is -2.10. The van der Waals surface area contributed by atoms with Crippen LogP contribution in [0.4, 0.5) is 5.82 Å². The summed E-state index contributed by atoms with van der Waals surface area (Å²) in [5.74, 6) is 0.211. The van der Waals surface area contributed by atoms with E-state index in [0.717, 1.165) is 16.7 Å². The molecule has 0 aliphatic carbocycles. The minimum Gasteiger partial charge on any atom is -0.383 e. The van der Waals surface area contributed by atoms with Crippen molar-refractivity contribution in [1.82, 2.24) is 9.97 Å². The molecule has 2 N–H and O–H groups in total. The van der Waals surface area contributed by atoms with E-state index in [9.17, 15) is 5.26 Å². The molecule has 0 radical (unpaired) electrons. The van der Waals surface area contributed by atoms with Crippen molar-refractivity contribution in [2.45, 2.75) is 0 Å². The number of nitrogens with two attached hydrogens (primary N) is 1. The number of aromatic nitrogens is 2. The molecule has 4 heteroatoms. The van der Waals surface area contributed by atoms with Crippen LogP contribution in [0, 0.1) is 11.3 Å². The molecule has 4 rings (SSSR count). The Labute approximate surface area is 157 Å². The van der Waals surface area contributed by atoms with Gasteiger partial charge in [0.25, 0.3) is 0 Å². The summed E-state index contributed by atoms with van der Waals surface area (Å²) in [5.41, 5.74) is 11.7. The first-order chi connectivity index (χ1) is 13.3. The van der Waals surface area contributed by atoms with Gasteiger partial charge in [0.05, 0.1) is 11.4 Å². The van der Waals surface area contributed by atoms with E-state index in [4.69, 9.17) is 5.73 Å². The molecule has 2 aromatic carbocycles. The Morgan fingerprint density at radius 3 is 2.07 bits per heavy atom. The van der Waals surface area contributed by atoms with Gasteiger partial charge in [0, 0.05) is 17.3 Å². The highest BCUT2D eigenvalue weighted by Crippen LogP contribution is 2.31. The lowest BCUT2D eigenvalue weighted by molar-refractivity contribution is 1.27. The van der Waals surface area contributed by atoms with Crippen molar-refractivity contribution < 1.29 is 0 Å². The number of rotatable bonds is 3. The van der Waals surface area contributed by atoms with Crippen LogP contribution < -0.4 is 5.73 Å². The number of nitriles is 1. The fraction of sp³-hybridized carbons (Fsp3) is 0. The molecule has 0 atom stereocenters. The summed E-state index contributed by atoms with van der Waals surface area (Å²) in [4.78, 5) is 8.78. The maximum Gasteiger partial charge on any atom is 0.142 e. The Bertz CT molecular complexity index is 1110. The van der Waals surface area contributed by atoms with Gasteiger partial charge in [-0.2, -0.15) is 5.26 Å². The SMILES string of the molecule is N#Cc1c(-c2ccccn2)cc(-c2ccc(-c3ccccc3)cc2)nc1N. The summed E-state index contributed by atoms with van der Waals surface area (Å²) < 4.78 is 0. The third-order valence-corrected chi connectivity index (χ3v) is 4.39. The fourth-order valence-electron chi connectivity index (χ4n) is 3.02. The van der Waals surface area contributed by atoms with E-state index in [2.05, 4.69) is 40.3 Å². The molecule has 0 aliphatic rings. The molecule has 4 aromatic rings. The van der Waals surface area contributed by atoms with E-state index in [1.165, 1.54) is 0 Å². The second-order valence-electron chi connectivity index (χ2n) is 6.09. The Kier molecular flexibility index (Phi) is 4.34. The van der Waals surface area contributed by atoms with Crippen LogP contribution in [0.2, 0.25) is 0 Å². The summed E-state index contributed by atoms with van der Waals surface area (Å²) in [6.45, 7) is 0. The minimum atomic E-state index is 0.211. The van der Waals surface area contributed by atoms with E-state index in [-0.39, 0.29) is 5.82 Å². The fourth-order valence-corrected chi connectivity index (χ4v) is 3.02. The Balaban J connectivity index is 1.79. The molecule has 2 aromatic heterocycles. The van der Waals surface area contributed by atoms with Crippen LogP contribution in [0.15, 0.2) is 85.1 Å². The van der Waals surface area contributed by atoms with Crippen LogP contribution in [-0.2, 0) is 0 Å². The average Bonchev–Trinajstić information content (AvgIpc) is 2.74. The molecule has 128 valence electrons. The number of nitrogens with zero attached hydrogens (tertiary/aromatic N) is 3. The highest BCUT2D eigenvalue weighted by atomic mass is 14.9. The number of pyridine rings is 2. The molecule has 0 spiro atoms. The van der Waals surface area contributed by atoms with Crippen molar-refractivity contribution in [3.8, 4) is 39.7 Å². The van der Waals surface area contributed by atoms with E-state index < -0.39 is 0 Å². The first-order valence-electron chi connectivity index (χ1n) is 8.54. The summed E-state index contributed by atoms with van der Waals surface area (Å²) in [6.07, 6.45) is 1.70. The highest BCUT2D eigenvalue weighted by molar-refractivity contribution is 5.79. The van der Waals surface area contributed by atoms with Gasteiger partial charge >= 0.3 is 0 Å². The molecule has 4 nitrogen and oxygen atoms in total. The maximum absolute atomic E-state index is 9.49. The summed E-state index contributed by atoms with van der Waals surface area (Å²) >= 11 is 0. The van der Waals surface area contributed by atoms with Gasteiger partial charge in [-0.05, 0) is 29.3 Å². The zero-order chi connectivity index (χ0) is 18.6. The molecular formula is C23H16N4. The number of hydrogen-bond acceptors (Lipinski definition) is 4. The van der Waals surface area contributed by atoms with Crippen molar-refractivity contribution in [1.29, 1.82) is 5.26 Å². The number of benzene rings is 2. The van der Waals surface area contributed by atoms with Gasteiger partial charge in [-0.15, -0.1) is 0 Å². The van der Waals surface area contributed by atoms with E-state index >= 15 is 0 Å². The molecule has 0 fully saturated rings. The van der Waals surface area contributed by atoms with Gasteiger partial charge in [0.2, 0.25) is 0 Å². The van der Waals surface area contributed by atoms with Gasteiger partial charge in [0.1, 0.15) is 17.5 Å². The average molecular weight is 348 g/mol. The smallest absolute Gasteiger partial charge is 0.142 e. The first kappa shape index (κ1) is 16.5. The second-order valence-corrected chi connectivity index (χ2v) is 6.09. The lowest BCUT2D eigenvalue weighted by atomic mass is 9.99. The Morgan fingerprint density at radius 1 is 0.741 bits per heavy atom. The first-order valence-corrected chi connectivity index (χ1v) is 8.54. The van der Waals surface area contributed by atoms with E-state index in [1.807, 2.05) is 54.6 Å². The normalized spacial score (nSPS) is 10.3. The van der Waals surface area contributed by atoms with Gasteiger partial charge in [-0.1, -0.05) is 60.7 Å². The van der Waals surface area contributed by atoms with Crippen LogP contribution >= 0.6 is 0 Å². The van der Waals surface area contributed by atoms with Crippen LogP contribution in [0.5, 0.6) is 0 Å². The van der Waals surface area contributed by atoms with E-state index in [1.54, 1.807) is 6.20 Å². The summed E-state index contributed by atoms with van der Waals surface area (Å²) in [7, 11) is 0. The topological polar surface area (TPSA) is 75.6 Å². The predicted octanol–water partition coefficient (Wildman–Crippen LogP) is 4.93. The predicted molar refractivity (Wildman–Crippen MR) is 107 cm³/mol. The Hall–Kier alpha value is -3.97.